The van der Waals surface area contributed by atoms with E-state index in [1.54, 1.807) is 12.1 Å². The van der Waals surface area contributed by atoms with Gasteiger partial charge in [0.15, 0.2) is 0 Å². The van der Waals surface area contributed by atoms with Crippen LogP contribution in [0, 0.1) is 6.92 Å². The lowest BCUT2D eigenvalue weighted by atomic mass is 10.2. The normalized spacial score (nSPS) is 11.9. The third-order valence-electron chi connectivity index (χ3n) is 3.81. The molecule has 0 radical (unpaired) electrons. The first kappa shape index (κ1) is 20.9. The van der Waals surface area contributed by atoms with Crippen LogP contribution in [0.2, 0.25) is 0 Å². The smallest absolute Gasteiger partial charge is 0.321 e. The van der Waals surface area contributed by atoms with Crippen LogP contribution in [0.25, 0.3) is 0 Å². The molecule has 1 aromatic heterocycles. The van der Waals surface area contributed by atoms with Crippen LogP contribution < -0.4 is 10.0 Å². The zero-order valence-electron chi connectivity index (χ0n) is 14.9. The maximum absolute atomic E-state index is 12.8. The number of rotatable bonds is 5. The van der Waals surface area contributed by atoms with E-state index in [9.17, 15) is 26.4 Å². The van der Waals surface area contributed by atoms with Crippen molar-refractivity contribution in [2.75, 3.05) is 10.0 Å². The summed E-state index contributed by atoms with van der Waals surface area (Å²) in [4.78, 5) is 13.5. The molecular weight excluding hydrogens is 425 g/mol. The number of anilines is 2. The predicted octanol–water partition coefficient (Wildman–Crippen LogP) is 5.13. The van der Waals surface area contributed by atoms with Crippen molar-refractivity contribution in [3.63, 3.8) is 0 Å². The molecule has 0 unspecified atom stereocenters. The lowest BCUT2D eigenvalue weighted by Gasteiger charge is -2.12. The highest BCUT2D eigenvalue weighted by Gasteiger charge is 2.30. The highest BCUT2D eigenvalue weighted by atomic mass is 32.2. The van der Waals surface area contributed by atoms with E-state index in [1.807, 2.05) is 6.92 Å². The van der Waals surface area contributed by atoms with E-state index < -0.39 is 21.8 Å². The Labute approximate surface area is 169 Å². The van der Waals surface area contributed by atoms with Gasteiger partial charge in [-0.05, 0) is 55.5 Å². The van der Waals surface area contributed by atoms with Crippen molar-refractivity contribution in [2.45, 2.75) is 18.0 Å². The van der Waals surface area contributed by atoms with Crippen molar-refractivity contribution >= 4 is 38.6 Å². The Kier molecular flexibility index (Phi) is 5.67. The minimum atomic E-state index is -4.59. The zero-order valence-corrected chi connectivity index (χ0v) is 16.6. The summed E-state index contributed by atoms with van der Waals surface area (Å²) in [7, 11) is -4.16. The molecule has 5 nitrogen and oxygen atoms in total. The summed E-state index contributed by atoms with van der Waals surface area (Å²) in [5, 5.41) is 2.61. The molecule has 0 saturated carbocycles. The van der Waals surface area contributed by atoms with E-state index in [2.05, 4.69) is 10.0 Å². The number of carbonyl (C=O) groups is 1. The average Bonchev–Trinajstić information content (AvgIpc) is 3.08. The van der Waals surface area contributed by atoms with Crippen LogP contribution in [-0.2, 0) is 16.2 Å². The quantitative estimate of drug-likeness (QED) is 0.578. The largest absolute Gasteiger partial charge is 0.416 e. The molecule has 0 aliphatic rings. The summed E-state index contributed by atoms with van der Waals surface area (Å²) in [5.74, 6) is -0.386. The standard InChI is InChI=1S/C19H15F3N2O3S2/c1-12-8-9-17(28-12)18(25)23-14-5-3-7-16(11-14)29(26,27)24-15-6-2-4-13(10-15)19(20,21)22/h2-11,24H,1H3,(H,23,25). The van der Waals surface area contributed by atoms with Crippen LogP contribution in [0.3, 0.4) is 0 Å². The minimum absolute atomic E-state index is 0.199. The Morgan fingerprint density at radius 3 is 2.31 bits per heavy atom. The number of benzene rings is 2. The van der Waals surface area contributed by atoms with Crippen LogP contribution in [0.5, 0.6) is 0 Å². The Hall–Kier alpha value is -2.85. The van der Waals surface area contributed by atoms with Gasteiger partial charge in [0.2, 0.25) is 0 Å². The number of hydrogen-bond acceptors (Lipinski definition) is 4. The number of hydrogen-bond donors (Lipinski definition) is 2. The molecule has 10 heteroatoms. The lowest BCUT2D eigenvalue weighted by Crippen LogP contribution is -2.15. The Bertz CT molecular complexity index is 1160. The molecule has 152 valence electrons. The molecule has 0 saturated heterocycles. The number of thiophene rings is 1. The number of carbonyl (C=O) groups excluding carboxylic acids is 1. The van der Waals surface area contributed by atoms with Gasteiger partial charge in [0, 0.05) is 16.3 Å². The molecule has 1 amide bonds. The minimum Gasteiger partial charge on any atom is -0.321 e. The monoisotopic (exact) mass is 440 g/mol. The second-order valence-corrected chi connectivity index (χ2v) is 9.05. The van der Waals surface area contributed by atoms with Crippen LogP contribution >= 0.6 is 11.3 Å². The molecule has 0 atom stereocenters. The number of aryl methyl sites for hydroxylation is 1. The molecule has 0 aliphatic carbocycles. The van der Waals surface area contributed by atoms with Gasteiger partial charge < -0.3 is 5.32 Å². The van der Waals surface area contributed by atoms with Gasteiger partial charge in [0.25, 0.3) is 15.9 Å². The maximum Gasteiger partial charge on any atom is 0.416 e. The van der Waals surface area contributed by atoms with E-state index in [-0.39, 0.29) is 22.2 Å². The molecule has 0 spiro atoms. The van der Waals surface area contributed by atoms with Gasteiger partial charge in [-0.25, -0.2) is 8.42 Å². The van der Waals surface area contributed by atoms with Crippen molar-refractivity contribution in [2.24, 2.45) is 0 Å². The average molecular weight is 440 g/mol. The SMILES string of the molecule is Cc1ccc(C(=O)Nc2cccc(S(=O)(=O)Nc3cccc(C(F)(F)F)c3)c2)s1. The summed E-state index contributed by atoms with van der Waals surface area (Å²) in [6.07, 6.45) is -4.59. The summed E-state index contributed by atoms with van der Waals surface area (Å²) in [5.41, 5.74) is -0.943. The molecule has 2 aromatic carbocycles. The third kappa shape index (κ3) is 5.15. The van der Waals surface area contributed by atoms with Crippen LogP contribution in [-0.4, -0.2) is 14.3 Å². The fraction of sp³-hybridized carbons (Fsp3) is 0.105. The van der Waals surface area contributed by atoms with Gasteiger partial charge in [-0.1, -0.05) is 12.1 Å². The van der Waals surface area contributed by atoms with Crippen molar-refractivity contribution in [3.8, 4) is 0 Å². The van der Waals surface area contributed by atoms with E-state index >= 15 is 0 Å². The lowest BCUT2D eigenvalue weighted by molar-refractivity contribution is -0.137. The second-order valence-electron chi connectivity index (χ2n) is 6.08. The van der Waals surface area contributed by atoms with Crippen LogP contribution in [0.4, 0.5) is 24.5 Å². The number of halogens is 3. The fourth-order valence-corrected chi connectivity index (χ4v) is 4.32. The maximum atomic E-state index is 12.8. The summed E-state index contributed by atoms with van der Waals surface area (Å²) in [6, 6.07) is 12.8. The Morgan fingerprint density at radius 2 is 1.66 bits per heavy atom. The third-order valence-corrected chi connectivity index (χ3v) is 6.19. The molecule has 1 heterocycles. The van der Waals surface area contributed by atoms with E-state index in [0.29, 0.717) is 10.9 Å². The molecular formula is C19H15F3N2O3S2. The van der Waals surface area contributed by atoms with Gasteiger partial charge in [0.05, 0.1) is 15.3 Å². The first-order valence-electron chi connectivity index (χ1n) is 8.22. The van der Waals surface area contributed by atoms with E-state index in [4.69, 9.17) is 0 Å². The second kappa shape index (κ2) is 7.88. The molecule has 29 heavy (non-hydrogen) atoms. The first-order chi connectivity index (χ1) is 13.5. The molecule has 2 N–H and O–H groups in total. The molecule has 0 aliphatic heterocycles. The van der Waals surface area contributed by atoms with Crippen molar-refractivity contribution < 1.29 is 26.4 Å². The van der Waals surface area contributed by atoms with E-state index in [0.717, 1.165) is 17.0 Å². The number of sulfonamides is 1. The van der Waals surface area contributed by atoms with Crippen LogP contribution in [0.1, 0.15) is 20.1 Å². The van der Waals surface area contributed by atoms with Gasteiger partial charge in [-0.3, -0.25) is 9.52 Å². The number of amides is 1. The summed E-state index contributed by atoms with van der Waals surface area (Å²) in [6.45, 7) is 1.86. The summed E-state index contributed by atoms with van der Waals surface area (Å²) < 4.78 is 65.7. The molecule has 0 bridgehead atoms. The Morgan fingerprint density at radius 1 is 0.966 bits per heavy atom. The van der Waals surface area contributed by atoms with Crippen molar-refractivity contribution in [3.05, 3.63) is 76.0 Å². The number of alkyl halides is 3. The summed E-state index contributed by atoms with van der Waals surface area (Å²) >= 11 is 1.30. The Balaban J connectivity index is 1.81. The highest BCUT2D eigenvalue weighted by molar-refractivity contribution is 7.92. The van der Waals surface area contributed by atoms with Gasteiger partial charge in [0.1, 0.15) is 0 Å². The van der Waals surface area contributed by atoms with E-state index in [1.165, 1.54) is 41.7 Å². The van der Waals surface area contributed by atoms with Crippen LogP contribution in [0.15, 0.2) is 65.6 Å². The van der Waals surface area contributed by atoms with Crippen molar-refractivity contribution in [1.29, 1.82) is 0 Å². The highest BCUT2D eigenvalue weighted by Crippen LogP contribution is 2.31. The number of nitrogens with one attached hydrogen (secondary N) is 2. The van der Waals surface area contributed by atoms with Gasteiger partial charge in [-0.2, -0.15) is 13.2 Å². The fourth-order valence-electron chi connectivity index (χ4n) is 2.46. The first-order valence-corrected chi connectivity index (χ1v) is 10.5. The molecule has 3 rings (SSSR count). The van der Waals surface area contributed by atoms with Gasteiger partial charge in [-0.15, -0.1) is 11.3 Å². The molecule has 3 aromatic rings. The molecule has 0 fully saturated rings. The zero-order chi connectivity index (χ0) is 21.2. The topological polar surface area (TPSA) is 75.3 Å². The van der Waals surface area contributed by atoms with Crippen molar-refractivity contribution in [1.82, 2.24) is 0 Å². The van der Waals surface area contributed by atoms with Gasteiger partial charge >= 0.3 is 6.18 Å². The predicted molar refractivity (Wildman–Crippen MR) is 106 cm³/mol.